The molecule has 0 aliphatic carbocycles. The maximum Gasteiger partial charge on any atom is 0.121 e. The van der Waals surface area contributed by atoms with Gasteiger partial charge in [0, 0.05) is 16.1 Å². The van der Waals surface area contributed by atoms with Crippen LogP contribution in [0, 0.1) is 0 Å². The molecular formula is C11H14BrNO. The molecule has 0 spiro atoms. The SMILES string of the molecule is C=CCC[C@H](N)c1ccc(Br)cc1O. The Morgan fingerprint density at radius 2 is 2.29 bits per heavy atom. The zero-order valence-electron chi connectivity index (χ0n) is 7.91. The largest absolute Gasteiger partial charge is 0.508 e. The molecule has 1 aromatic carbocycles. The minimum Gasteiger partial charge on any atom is -0.508 e. The molecule has 0 unspecified atom stereocenters. The van der Waals surface area contributed by atoms with Gasteiger partial charge in [-0.05, 0) is 25.0 Å². The summed E-state index contributed by atoms with van der Waals surface area (Å²) >= 11 is 3.28. The lowest BCUT2D eigenvalue weighted by Gasteiger charge is -2.12. The minimum absolute atomic E-state index is 0.124. The number of phenolic OH excluding ortho intramolecular Hbond substituents is 1. The lowest BCUT2D eigenvalue weighted by Crippen LogP contribution is -2.09. The van der Waals surface area contributed by atoms with E-state index in [0.29, 0.717) is 0 Å². The Bertz CT molecular complexity index is 325. The lowest BCUT2D eigenvalue weighted by molar-refractivity contribution is 0.458. The van der Waals surface area contributed by atoms with E-state index >= 15 is 0 Å². The van der Waals surface area contributed by atoms with Gasteiger partial charge in [0.15, 0.2) is 0 Å². The van der Waals surface area contributed by atoms with Crippen LogP contribution in [0.25, 0.3) is 0 Å². The number of phenols is 1. The van der Waals surface area contributed by atoms with Crippen molar-refractivity contribution in [3.63, 3.8) is 0 Å². The third kappa shape index (κ3) is 2.86. The molecule has 14 heavy (non-hydrogen) atoms. The van der Waals surface area contributed by atoms with Crippen molar-refractivity contribution in [1.29, 1.82) is 0 Å². The van der Waals surface area contributed by atoms with Crippen LogP contribution in [-0.4, -0.2) is 5.11 Å². The maximum atomic E-state index is 9.63. The second-order valence-electron chi connectivity index (χ2n) is 3.18. The molecule has 0 aromatic heterocycles. The molecule has 0 aliphatic rings. The Morgan fingerprint density at radius 3 is 2.86 bits per heavy atom. The molecule has 0 saturated carbocycles. The third-order valence-corrected chi connectivity index (χ3v) is 2.57. The first-order valence-corrected chi connectivity index (χ1v) is 5.29. The number of allylic oxidation sites excluding steroid dienone is 1. The summed E-state index contributed by atoms with van der Waals surface area (Å²) in [7, 11) is 0. The summed E-state index contributed by atoms with van der Waals surface area (Å²) in [5.41, 5.74) is 6.70. The van der Waals surface area contributed by atoms with Crippen LogP contribution < -0.4 is 5.73 Å². The first kappa shape index (κ1) is 11.3. The fourth-order valence-electron chi connectivity index (χ4n) is 1.28. The van der Waals surface area contributed by atoms with Gasteiger partial charge in [0.25, 0.3) is 0 Å². The van der Waals surface area contributed by atoms with Crippen LogP contribution in [0.5, 0.6) is 5.75 Å². The molecule has 3 N–H and O–H groups in total. The summed E-state index contributed by atoms with van der Waals surface area (Å²) in [5.74, 6) is 0.246. The number of aromatic hydroxyl groups is 1. The van der Waals surface area contributed by atoms with Gasteiger partial charge in [0.1, 0.15) is 5.75 Å². The smallest absolute Gasteiger partial charge is 0.121 e. The second kappa shape index (κ2) is 5.17. The van der Waals surface area contributed by atoms with Crippen LogP contribution in [-0.2, 0) is 0 Å². The molecule has 0 fully saturated rings. The van der Waals surface area contributed by atoms with Gasteiger partial charge in [-0.25, -0.2) is 0 Å². The molecule has 0 saturated heterocycles. The van der Waals surface area contributed by atoms with E-state index in [-0.39, 0.29) is 11.8 Å². The molecule has 1 aromatic rings. The molecule has 1 atom stereocenters. The first-order valence-electron chi connectivity index (χ1n) is 4.50. The Labute approximate surface area is 92.6 Å². The highest BCUT2D eigenvalue weighted by Gasteiger charge is 2.09. The van der Waals surface area contributed by atoms with E-state index in [1.807, 2.05) is 18.2 Å². The van der Waals surface area contributed by atoms with E-state index in [9.17, 15) is 5.11 Å². The number of benzene rings is 1. The summed E-state index contributed by atoms with van der Waals surface area (Å²) in [6.07, 6.45) is 3.49. The van der Waals surface area contributed by atoms with Crippen molar-refractivity contribution in [2.45, 2.75) is 18.9 Å². The quantitative estimate of drug-likeness (QED) is 0.813. The van der Waals surface area contributed by atoms with Crippen molar-refractivity contribution < 1.29 is 5.11 Å². The molecule has 3 heteroatoms. The Balaban J connectivity index is 2.78. The predicted molar refractivity (Wildman–Crippen MR) is 62.2 cm³/mol. The number of rotatable bonds is 4. The summed E-state index contributed by atoms with van der Waals surface area (Å²) < 4.78 is 0.856. The number of hydrogen-bond acceptors (Lipinski definition) is 2. The molecule has 1 rings (SSSR count). The molecule has 0 radical (unpaired) electrons. The van der Waals surface area contributed by atoms with Crippen molar-refractivity contribution in [1.82, 2.24) is 0 Å². The highest BCUT2D eigenvalue weighted by Crippen LogP contribution is 2.28. The van der Waals surface area contributed by atoms with Crippen molar-refractivity contribution in [2.24, 2.45) is 5.73 Å². The van der Waals surface area contributed by atoms with Gasteiger partial charge in [-0.2, -0.15) is 0 Å². The third-order valence-electron chi connectivity index (χ3n) is 2.07. The molecule has 0 amide bonds. The Hall–Kier alpha value is -0.800. The van der Waals surface area contributed by atoms with E-state index in [1.165, 1.54) is 0 Å². The lowest BCUT2D eigenvalue weighted by atomic mass is 10.0. The highest BCUT2D eigenvalue weighted by molar-refractivity contribution is 9.10. The molecule has 0 aliphatic heterocycles. The van der Waals surface area contributed by atoms with Gasteiger partial charge in [-0.15, -0.1) is 6.58 Å². The van der Waals surface area contributed by atoms with Crippen molar-refractivity contribution >= 4 is 15.9 Å². The average Bonchev–Trinajstić information content (AvgIpc) is 2.14. The normalized spacial score (nSPS) is 12.4. The van der Waals surface area contributed by atoms with Crippen LogP contribution in [0.3, 0.4) is 0 Å². The van der Waals surface area contributed by atoms with Gasteiger partial charge < -0.3 is 10.8 Å². The van der Waals surface area contributed by atoms with E-state index in [2.05, 4.69) is 22.5 Å². The summed E-state index contributed by atoms with van der Waals surface area (Å²) in [4.78, 5) is 0. The van der Waals surface area contributed by atoms with E-state index in [0.717, 1.165) is 22.9 Å². The van der Waals surface area contributed by atoms with Crippen LogP contribution >= 0.6 is 15.9 Å². The maximum absolute atomic E-state index is 9.63. The van der Waals surface area contributed by atoms with E-state index in [4.69, 9.17) is 5.73 Å². The number of nitrogens with two attached hydrogens (primary N) is 1. The van der Waals surface area contributed by atoms with Gasteiger partial charge >= 0.3 is 0 Å². The fourth-order valence-corrected chi connectivity index (χ4v) is 1.63. The first-order chi connectivity index (χ1) is 6.65. The van der Waals surface area contributed by atoms with Crippen LogP contribution in [0.2, 0.25) is 0 Å². The van der Waals surface area contributed by atoms with Crippen molar-refractivity contribution in [3.05, 3.63) is 40.9 Å². The van der Waals surface area contributed by atoms with Gasteiger partial charge in [0.2, 0.25) is 0 Å². The fraction of sp³-hybridized carbons (Fsp3) is 0.273. The van der Waals surface area contributed by atoms with Crippen LogP contribution in [0.4, 0.5) is 0 Å². The molecule has 2 nitrogen and oxygen atoms in total. The number of halogens is 1. The Kier molecular flexibility index (Phi) is 4.17. The standard InChI is InChI=1S/C11H14BrNO/c1-2-3-4-10(13)9-6-5-8(12)7-11(9)14/h2,5-7,10,14H,1,3-4,13H2/t10-/m0/s1. The predicted octanol–water partition coefficient (Wildman–Crippen LogP) is 3.12. The molecule has 0 bridgehead atoms. The van der Waals surface area contributed by atoms with Crippen LogP contribution in [0.15, 0.2) is 35.3 Å². The van der Waals surface area contributed by atoms with E-state index in [1.54, 1.807) is 6.07 Å². The van der Waals surface area contributed by atoms with E-state index < -0.39 is 0 Å². The average molecular weight is 256 g/mol. The summed E-state index contributed by atoms with van der Waals surface area (Å²) in [5, 5.41) is 9.63. The minimum atomic E-state index is -0.124. The highest BCUT2D eigenvalue weighted by atomic mass is 79.9. The molecule has 0 heterocycles. The van der Waals surface area contributed by atoms with Crippen molar-refractivity contribution in [3.8, 4) is 5.75 Å². The zero-order chi connectivity index (χ0) is 10.6. The summed E-state index contributed by atoms with van der Waals surface area (Å²) in [6, 6.07) is 5.25. The number of hydrogen-bond donors (Lipinski definition) is 2. The van der Waals surface area contributed by atoms with Gasteiger partial charge in [-0.3, -0.25) is 0 Å². The van der Waals surface area contributed by atoms with Crippen LogP contribution in [0.1, 0.15) is 24.4 Å². The zero-order valence-corrected chi connectivity index (χ0v) is 9.50. The van der Waals surface area contributed by atoms with Crippen molar-refractivity contribution in [2.75, 3.05) is 0 Å². The second-order valence-corrected chi connectivity index (χ2v) is 4.09. The van der Waals surface area contributed by atoms with Gasteiger partial charge in [-0.1, -0.05) is 28.1 Å². The topological polar surface area (TPSA) is 46.2 Å². The van der Waals surface area contributed by atoms with Gasteiger partial charge in [0.05, 0.1) is 0 Å². The summed E-state index contributed by atoms with van der Waals surface area (Å²) in [6.45, 7) is 3.64. The monoisotopic (exact) mass is 255 g/mol. The molecule has 76 valence electrons. The molecular weight excluding hydrogens is 242 g/mol. The Morgan fingerprint density at radius 1 is 1.57 bits per heavy atom.